The molecule has 0 aliphatic heterocycles. The predicted molar refractivity (Wildman–Crippen MR) is 86.6 cm³/mol. The molecule has 0 radical (unpaired) electrons. The first-order valence-corrected chi connectivity index (χ1v) is 7.38. The number of nitrogens with zero attached hydrogens (tertiary/aromatic N) is 3. The largest absolute Gasteiger partial charge is 0.440 e. The maximum Gasteiger partial charge on any atom is 0.293 e. The summed E-state index contributed by atoms with van der Waals surface area (Å²) < 4.78 is 10.3. The van der Waals surface area contributed by atoms with Crippen LogP contribution in [0.15, 0.2) is 40.8 Å². The van der Waals surface area contributed by atoms with Gasteiger partial charge in [0.25, 0.3) is 5.82 Å². The Kier molecular flexibility index (Phi) is 2.64. The number of hydrogen-bond donors (Lipinski definition) is 0. The number of rotatable bonds is 1. The molecule has 0 aliphatic rings. The van der Waals surface area contributed by atoms with Gasteiger partial charge in [-0.25, -0.2) is 14.1 Å². The molecule has 2 heterocycles. The summed E-state index contributed by atoms with van der Waals surface area (Å²) in [7, 11) is 4.19. The number of aromatic nitrogens is 3. The van der Waals surface area contributed by atoms with Gasteiger partial charge in [-0.1, -0.05) is 18.2 Å². The van der Waals surface area contributed by atoms with Crippen molar-refractivity contribution in [3.63, 3.8) is 0 Å². The van der Waals surface area contributed by atoms with E-state index in [1.807, 2.05) is 13.0 Å². The third-order valence-electron chi connectivity index (χ3n) is 4.34. The van der Waals surface area contributed by atoms with E-state index in [-0.39, 0.29) is 0 Å². The quantitative estimate of drug-likeness (QED) is 0.504. The van der Waals surface area contributed by atoms with Crippen molar-refractivity contribution >= 4 is 22.1 Å². The van der Waals surface area contributed by atoms with Crippen LogP contribution in [0.1, 0.15) is 11.5 Å². The van der Waals surface area contributed by atoms with E-state index in [1.165, 1.54) is 16.6 Å². The van der Waals surface area contributed by atoms with Crippen molar-refractivity contribution in [1.29, 1.82) is 0 Å². The Morgan fingerprint density at radius 3 is 2.64 bits per heavy atom. The summed E-state index contributed by atoms with van der Waals surface area (Å²) in [5.74, 6) is 1.82. The molecule has 2 aromatic heterocycles. The van der Waals surface area contributed by atoms with Crippen LogP contribution in [0, 0.1) is 13.8 Å². The molecule has 0 spiro atoms. The zero-order valence-corrected chi connectivity index (χ0v) is 13.2. The van der Waals surface area contributed by atoms with E-state index < -0.39 is 0 Å². The van der Waals surface area contributed by atoms with Gasteiger partial charge in [0.1, 0.15) is 11.1 Å². The minimum absolute atomic E-state index is 0.697. The molecule has 0 atom stereocenters. The Labute approximate surface area is 128 Å². The Morgan fingerprint density at radius 2 is 1.86 bits per heavy atom. The summed E-state index contributed by atoms with van der Waals surface area (Å²) in [5, 5.41) is 0. The fraction of sp³-hybridized carbons (Fsp3) is 0.222. The average Bonchev–Trinajstić information content (AvgIpc) is 3.00. The van der Waals surface area contributed by atoms with Crippen molar-refractivity contribution in [3.8, 4) is 11.4 Å². The second-order valence-electron chi connectivity index (χ2n) is 5.77. The van der Waals surface area contributed by atoms with Gasteiger partial charge in [-0.2, -0.15) is 0 Å². The molecule has 0 saturated heterocycles. The molecule has 0 unspecified atom stereocenters. The molecule has 110 valence electrons. The van der Waals surface area contributed by atoms with Gasteiger partial charge in [-0.15, -0.1) is 0 Å². The Morgan fingerprint density at radius 1 is 1.09 bits per heavy atom. The highest BCUT2D eigenvalue weighted by Gasteiger charge is 2.26. The minimum atomic E-state index is 0.697. The van der Waals surface area contributed by atoms with Crippen LogP contribution in [0.5, 0.6) is 0 Å². The molecular weight excluding hydrogens is 274 g/mol. The zero-order valence-electron chi connectivity index (χ0n) is 13.2. The van der Waals surface area contributed by atoms with Gasteiger partial charge in [-0.05, 0) is 30.7 Å². The highest BCUT2D eigenvalue weighted by atomic mass is 16.3. The first-order valence-electron chi connectivity index (χ1n) is 7.38. The van der Waals surface area contributed by atoms with Crippen LogP contribution in [-0.2, 0) is 14.1 Å². The molecule has 4 rings (SSSR count). The van der Waals surface area contributed by atoms with Crippen molar-refractivity contribution in [3.05, 3.63) is 47.9 Å². The number of imidazole rings is 1. The average molecular weight is 292 g/mol. The molecule has 0 aliphatic carbocycles. The number of hydrogen-bond acceptors (Lipinski definition) is 2. The Balaban J connectivity index is 2.18. The third kappa shape index (κ3) is 1.64. The standard InChI is InChI=1S/C18H18N3O/c1-11-9-10-13-17(22-12(2)19-13)16(11)18-20(3)14-7-5-6-8-15(14)21(18)4/h5-10H,1-4H3/q+1. The number of benzene rings is 2. The summed E-state index contributed by atoms with van der Waals surface area (Å²) in [6.07, 6.45) is 0. The lowest BCUT2D eigenvalue weighted by molar-refractivity contribution is -0.634. The molecule has 0 amide bonds. The van der Waals surface area contributed by atoms with Crippen LogP contribution in [0.25, 0.3) is 33.5 Å². The molecule has 0 bridgehead atoms. The smallest absolute Gasteiger partial charge is 0.293 e. The van der Waals surface area contributed by atoms with Crippen LogP contribution in [0.2, 0.25) is 0 Å². The van der Waals surface area contributed by atoms with Gasteiger partial charge >= 0.3 is 0 Å². The van der Waals surface area contributed by atoms with E-state index in [9.17, 15) is 0 Å². The monoisotopic (exact) mass is 292 g/mol. The number of para-hydroxylation sites is 2. The molecule has 2 aromatic carbocycles. The maximum atomic E-state index is 5.90. The first-order chi connectivity index (χ1) is 10.6. The van der Waals surface area contributed by atoms with Crippen LogP contribution in [0.4, 0.5) is 0 Å². The van der Waals surface area contributed by atoms with Gasteiger partial charge in [0, 0.05) is 6.92 Å². The number of aryl methyl sites for hydroxylation is 4. The van der Waals surface area contributed by atoms with Gasteiger partial charge in [0.2, 0.25) is 0 Å². The Bertz CT molecular complexity index is 985. The van der Waals surface area contributed by atoms with E-state index in [1.54, 1.807) is 0 Å². The maximum absolute atomic E-state index is 5.90. The molecule has 0 fully saturated rings. The molecular formula is C18H18N3O+. The highest BCUT2D eigenvalue weighted by Crippen LogP contribution is 2.32. The molecule has 4 heteroatoms. The topological polar surface area (TPSA) is 34.8 Å². The Hall–Kier alpha value is -2.62. The summed E-state index contributed by atoms with van der Waals surface area (Å²) in [4.78, 5) is 4.47. The summed E-state index contributed by atoms with van der Waals surface area (Å²) in [6.45, 7) is 4.00. The van der Waals surface area contributed by atoms with Crippen molar-refractivity contribution in [2.45, 2.75) is 13.8 Å². The summed E-state index contributed by atoms with van der Waals surface area (Å²) in [6, 6.07) is 12.5. The lowest BCUT2D eigenvalue weighted by atomic mass is 10.1. The van der Waals surface area contributed by atoms with E-state index >= 15 is 0 Å². The number of fused-ring (bicyclic) bond motifs is 2. The van der Waals surface area contributed by atoms with Crippen LogP contribution < -0.4 is 4.57 Å². The predicted octanol–water partition coefficient (Wildman–Crippen LogP) is 3.43. The number of oxazole rings is 1. The molecule has 0 N–H and O–H groups in total. The van der Waals surface area contributed by atoms with Crippen LogP contribution in [-0.4, -0.2) is 9.55 Å². The van der Waals surface area contributed by atoms with Gasteiger partial charge in [-0.3, -0.25) is 0 Å². The SMILES string of the molecule is Cc1nc2ccc(C)c(-c3n(C)c4ccccc4[n+]3C)c2o1. The lowest BCUT2D eigenvalue weighted by Crippen LogP contribution is -2.30. The van der Waals surface area contributed by atoms with Crippen molar-refractivity contribution in [2.24, 2.45) is 14.1 Å². The second-order valence-corrected chi connectivity index (χ2v) is 5.77. The third-order valence-corrected chi connectivity index (χ3v) is 4.34. The fourth-order valence-electron chi connectivity index (χ4n) is 3.30. The van der Waals surface area contributed by atoms with Crippen molar-refractivity contribution in [2.75, 3.05) is 0 Å². The summed E-state index contributed by atoms with van der Waals surface area (Å²) >= 11 is 0. The normalized spacial score (nSPS) is 11.6. The van der Waals surface area contributed by atoms with Gasteiger partial charge < -0.3 is 4.42 Å². The van der Waals surface area contributed by atoms with Crippen LogP contribution in [0.3, 0.4) is 0 Å². The van der Waals surface area contributed by atoms with Crippen molar-refractivity contribution < 1.29 is 8.98 Å². The molecule has 4 nitrogen and oxygen atoms in total. The van der Waals surface area contributed by atoms with Gasteiger partial charge in [0.05, 0.1) is 14.1 Å². The minimum Gasteiger partial charge on any atom is -0.440 e. The van der Waals surface area contributed by atoms with Crippen molar-refractivity contribution in [1.82, 2.24) is 9.55 Å². The van der Waals surface area contributed by atoms with Crippen LogP contribution >= 0.6 is 0 Å². The summed E-state index contributed by atoms with van der Waals surface area (Å²) in [5.41, 5.74) is 6.46. The fourth-order valence-corrected chi connectivity index (χ4v) is 3.30. The van der Waals surface area contributed by atoms with E-state index in [4.69, 9.17) is 4.42 Å². The molecule has 22 heavy (non-hydrogen) atoms. The van der Waals surface area contributed by atoms with E-state index in [0.717, 1.165) is 22.5 Å². The van der Waals surface area contributed by atoms with E-state index in [2.05, 4.69) is 65.5 Å². The lowest BCUT2D eigenvalue weighted by Gasteiger charge is -2.03. The highest BCUT2D eigenvalue weighted by molar-refractivity contribution is 5.91. The zero-order chi connectivity index (χ0) is 15.4. The first kappa shape index (κ1) is 13.1. The van der Waals surface area contributed by atoms with Gasteiger partial charge in [0.15, 0.2) is 22.5 Å². The van der Waals surface area contributed by atoms with E-state index in [0.29, 0.717) is 5.89 Å². The second kappa shape index (κ2) is 4.44. The molecule has 4 aromatic rings. The molecule has 0 saturated carbocycles.